The fourth-order valence-electron chi connectivity index (χ4n) is 1.85. The number of aliphatic hydroxyl groups is 1. The van der Waals surface area contributed by atoms with Crippen LogP contribution in [-0.2, 0) is 6.54 Å². The van der Waals surface area contributed by atoms with Crippen molar-refractivity contribution >= 4 is 11.8 Å². The van der Waals surface area contributed by atoms with E-state index in [1.807, 2.05) is 37.3 Å². The largest absolute Gasteiger partial charge is 0.394 e. The SMILES string of the molecule is CCNC(=O)Nc1cc(-c2ccccc2)nn1CCO. The van der Waals surface area contributed by atoms with Crippen LogP contribution in [0.25, 0.3) is 11.3 Å². The summed E-state index contributed by atoms with van der Waals surface area (Å²) in [5.74, 6) is 0.559. The van der Waals surface area contributed by atoms with Crippen LogP contribution in [-0.4, -0.2) is 34.1 Å². The third-order valence-corrected chi connectivity index (χ3v) is 2.74. The predicted molar refractivity (Wildman–Crippen MR) is 77.4 cm³/mol. The first kappa shape index (κ1) is 14.1. The highest BCUT2D eigenvalue weighted by molar-refractivity contribution is 5.89. The minimum absolute atomic E-state index is 0.0417. The molecule has 106 valence electrons. The highest BCUT2D eigenvalue weighted by Gasteiger charge is 2.11. The molecule has 3 N–H and O–H groups in total. The first-order valence-electron chi connectivity index (χ1n) is 6.53. The number of nitrogens with zero attached hydrogens (tertiary/aromatic N) is 2. The quantitative estimate of drug-likeness (QED) is 0.776. The second kappa shape index (κ2) is 6.72. The molecule has 0 unspecified atom stereocenters. The van der Waals surface area contributed by atoms with Gasteiger partial charge in [-0.2, -0.15) is 5.10 Å². The lowest BCUT2D eigenvalue weighted by molar-refractivity contribution is 0.251. The van der Waals surface area contributed by atoms with Crippen LogP contribution in [0.15, 0.2) is 36.4 Å². The van der Waals surface area contributed by atoms with Crippen LogP contribution in [0.3, 0.4) is 0 Å². The predicted octanol–water partition coefficient (Wildman–Crippen LogP) is 1.68. The van der Waals surface area contributed by atoms with Gasteiger partial charge in [0, 0.05) is 18.2 Å². The number of benzene rings is 1. The summed E-state index contributed by atoms with van der Waals surface area (Å²) in [6.45, 7) is 2.68. The molecular weight excluding hydrogens is 256 g/mol. The van der Waals surface area contributed by atoms with Gasteiger partial charge in [0.1, 0.15) is 5.82 Å². The molecular formula is C14H18N4O2. The third kappa shape index (κ3) is 3.36. The zero-order valence-electron chi connectivity index (χ0n) is 11.3. The molecule has 1 heterocycles. The van der Waals surface area contributed by atoms with Crippen molar-refractivity contribution in [3.05, 3.63) is 36.4 Å². The van der Waals surface area contributed by atoms with E-state index in [1.165, 1.54) is 0 Å². The molecule has 0 spiro atoms. The van der Waals surface area contributed by atoms with Crippen molar-refractivity contribution in [3.63, 3.8) is 0 Å². The first-order valence-corrected chi connectivity index (χ1v) is 6.53. The maximum Gasteiger partial charge on any atom is 0.320 e. The second-order valence-corrected chi connectivity index (χ2v) is 4.21. The van der Waals surface area contributed by atoms with Crippen LogP contribution < -0.4 is 10.6 Å². The standard InChI is InChI=1S/C14H18N4O2/c1-2-15-14(20)16-13-10-12(17-18(13)8-9-19)11-6-4-3-5-7-11/h3-7,10,19H,2,8-9H2,1H3,(H2,15,16,20). The van der Waals surface area contributed by atoms with Crippen molar-refractivity contribution in [3.8, 4) is 11.3 Å². The van der Waals surface area contributed by atoms with Gasteiger partial charge in [-0.05, 0) is 6.92 Å². The smallest absolute Gasteiger partial charge is 0.320 e. The molecule has 2 amide bonds. The van der Waals surface area contributed by atoms with Gasteiger partial charge in [-0.15, -0.1) is 0 Å². The molecule has 0 fully saturated rings. The Bertz CT molecular complexity index is 566. The Labute approximate surface area is 117 Å². The van der Waals surface area contributed by atoms with Crippen LogP contribution >= 0.6 is 0 Å². The van der Waals surface area contributed by atoms with Crippen molar-refractivity contribution in [1.29, 1.82) is 0 Å². The van der Waals surface area contributed by atoms with Crippen molar-refractivity contribution in [2.75, 3.05) is 18.5 Å². The molecule has 2 aromatic rings. The Hall–Kier alpha value is -2.34. The van der Waals surface area contributed by atoms with Crippen LogP contribution in [0.4, 0.5) is 10.6 Å². The molecule has 2 rings (SSSR count). The lowest BCUT2D eigenvalue weighted by Crippen LogP contribution is -2.29. The zero-order valence-corrected chi connectivity index (χ0v) is 11.3. The van der Waals surface area contributed by atoms with Crippen molar-refractivity contribution in [1.82, 2.24) is 15.1 Å². The van der Waals surface area contributed by atoms with Gasteiger partial charge in [-0.1, -0.05) is 30.3 Å². The fraction of sp³-hybridized carbons (Fsp3) is 0.286. The summed E-state index contributed by atoms with van der Waals surface area (Å²) in [5.41, 5.74) is 1.72. The molecule has 0 aliphatic heterocycles. The van der Waals surface area contributed by atoms with Crippen LogP contribution in [0.1, 0.15) is 6.92 Å². The summed E-state index contributed by atoms with van der Waals surface area (Å²) in [4.78, 5) is 11.6. The Kier molecular flexibility index (Phi) is 4.73. The van der Waals surface area contributed by atoms with E-state index in [1.54, 1.807) is 10.7 Å². The molecule has 0 bridgehead atoms. The van der Waals surface area contributed by atoms with E-state index in [0.29, 0.717) is 18.9 Å². The topological polar surface area (TPSA) is 79.2 Å². The number of anilines is 1. The van der Waals surface area contributed by atoms with Crippen molar-refractivity contribution in [2.24, 2.45) is 0 Å². The number of rotatable bonds is 5. The molecule has 0 aliphatic rings. The van der Waals surface area contributed by atoms with Crippen molar-refractivity contribution in [2.45, 2.75) is 13.5 Å². The number of carbonyl (C=O) groups is 1. The lowest BCUT2D eigenvalue weighted by atomic mass is 10.2. The number of hydrogen-bond acceptors (Lipinski definition) is 3. The molecule has 6 nitrogen and oxygen atoms in total. The lowest BCUT2D eigenvalue weighted by Gasteiger charge is -2.07. The molecule has 0 radical (unpaired) electrons. The number of hydrogen-bond donors (Lipinski definition) is 3. The summed E-state index contributed by atoms with van der Waals surface area (Å²) < 4.78 is 1.58. The average Bonchev–Trinajstić information content (AvgIpc) is 2.84. The van der Waals surface area contributed by atoms with E-state index in [4.69, 9.17) is 5.11 Å². The highest BCUT2D eigenvalue weighted by Crippen LogP contribution is 2.21. The maximum atomic E-state index is 11.6. The second-order valence-electron chi connectivity index (χ2n) is 4.21. The minimum atomic E-state index is -0.286. The van der Waals surface area contributed by atoms with Crippen LogP contribution in [0, 0.1) is 0 Å². The molecule has 0 aliphatic carbocycles. The van der Waals surface area contributed by atoms with Gasteiger partial charge in [-0.3, -0.25) is 5.32 Å². The van der Waals surface area contributed by atoms with Gasteiger partial charge in [0.25, 0.3) is 0 Å². The Morgan fingerprint density at radius 1 is 1.35 bits per heavy atom. The van der Waals surface area contributed by atoms with E-state index in [-0.39, 0.29) is 12.6 Å². The number of amides is 2. The summed E-state index contributed by atoms with van der Waals surface area (Å²) in [6.07, 6.45) is 0. The van der Waals surface area contributed by atoms with Crippen LogP contribution in [0.5, 0.6) is 0 Å². The van der Waals surface area contributed by atoms with Crippen molar-refractivity contribution < 1.29 is 9.90 Å². The molecule has 1 aromatic carbocycles. The maximum absolute atomic E-state index is 11.6. The Morgan fingerprint density at radius 2 is 2.10 bits per heavy atom. The molecule has 1 aromatic heterocycles. The van der Waals surface area contributed by atoms with E-state index in [2.05, 4.69) is 15.7 Å². The summed E-state index contributed by atoms with van der Waals surface area (Å²) >= 11 is 0. The molecule has 6 heteroatoms. The van der Waals surface area contributed by atoms with E-state index in [0.717, 1.165) is 11.3 Å². The zero-order chi connectivity index (χ0) is 14.4. The summed E-state index contributed by atoms with van der Waals surface area (Å²) in [5, 5.41) is 18.9. The van der Waals surface area contributed by atoms with Gasteiger partial charge in [0.15, 0.2) is 0 Å². The fourth-order valence-corrected chi connectivity index (χ4v) is 1.85. The van der Waals surface area contributed by atoms with E-state index < -0.39 is 0 Å². The summed E-state index contributed by atoms with van der Waals surface area (Å²) in [6, 6.07) is 11.2. The normalized spacial score (nSPS) is 10.3. The first-order chi connectivity index (χ1) is 9.74. The van der Waals surface area contributed by atoms with Gasteiger partial charge >= 0.3 is 6.03 Å². The molecule has 0 saturated heterocycles. The van der Waals surface area contributed by atoms with Crippen LogP contribution in [0.2, 0.25) is 0 Å². The number of urea groups is 1. The third-order valence-electron chi connectivity index (χ3n) is 2.74. The monoisotopic (exact) mass is 274 g/mol. The Morgan fingerprint density at radius 3 is 2.75 bits per heavy atom. The molecule has 20 heavy (non-hydrogen) atoms. The Balaban J connectivity index is 2.26. The van der Waals surface area contributed by atoms with Gasteiger partial charge in [-0.25, -0.2) is 9.48 Å². The number of nitrogens with one attached hydrogen (secondary N) is 2. The number of carbonyl (C=O) groups excluding carboxylic acids is 1. The van der Waals surface area contributed by atoms with Gasteiger partial charge < -0.3 is 10.4 Å². The highest BCUT2D eigenvalue weighted by atomic mass is 16.3. The van der Waals surface area contributed by atoms with Gasteiger partial charge in [0.05, 0.1) is 18.8 Å². The number of aliphatic hydroxyl groups excluding tert-OH is 1. The number of aromatic nitrogens is 2. The van der Waals surface area contributed by atoms with E-state index >= 15 is 0 Å². The summed E-state index contributed by atoms with van der Waals surface area (Å²) in [7, 11) is 0. The molecule has 0 saturated carbocycles. The van der Waals surface area contributed by atoms with E-state index in [9.17, 15) is 4.79 Å². The average molecular weight is 274 g/mol. The molecule has 0 atom stereocenters. The van der Waals surface area contributed by atoms with Gasteiger partial charge in [0.2, 0.25) is 0 Å². The minimum Gasteiger partial charge on any atom is -0.394 e.